The normalized spacial score (nSPS) is 11.0. The van der Waals surface area contributed by atoms with Gasteiger partial charge in [-0.1, -0.05) is 36.4 Å². The summed E-state index contributed by atoms with van der Waals surface area (Å²) in [6, 6.07) is 17.6. The molecule has 0 aliphatic carbocycles. The Kier molecular flexibility index (Phi) is 4.92. The van der Waals surface area contributed by atoms with Crippen molar-refractivity contribution < 1.29 is 9.21 Å². The second kappa shape index (κ2) is 7.28. The lowest BCUT2D eigenvalue weighted by atomic mass is 10.1. The lowest BCUT2D eigenvalue weighted by Gasteiger charge is -2.08. The van der Waals surface area contributed by atoms with Crippen LogP contribution in [-0.2, 0) is 4.79 Å². The first-order chi connectivity index (χ1) is 11.2. The van der Waals surface area contributed by atoms with Crippen LogP contribution >= 0.6 is 22.6 Å². The average Bonchev–Trinajstić information content (AvgIpc) is 2.98. The van der Waals surface area contributed by atoms with Crippen molar-refractivity contribution in [1.29, 1.82) is 0 Å². The number of amides is 1. The molecule has 6 heteroatoms. The molecule has 0 fully saturated rings. The van der Waals surface area contributed by atoms with Crippen LogP contribution in [0.5, 0.6) is 0 Å². The molecular formula is C17H14IN3O2. The number of benzene rings is 2. The number of nitrogens with one attached hydrogen (secondary N) is 2. The molecule has 1 aromatic heterocycles. The number of hydrogen-bond donors (Lipinski definition) is 2. The second-order valence-electron chi connectivity index (χ2n) is 4.82. The summed E-state index contributed by atoms with van der Waals surface area (Å²) in [5.74, 6) is 0.368. The number of carbonyl (C=O) groups excluding carboxylic acids is 1. The van der Waals surface area contributed by atoms with Crippen LogP contribution in [-0.4, -0.2) is 18.7 Å². The Morgan fingerprint density at radius 3 is 2.78 bits per heavy atom. The van der Waals surface area contributed by atoms with E-state index >= 15 is 0 Å². The Labute approximate surface area is 146 Å². The van der Waals surface area contributed by atoms with E-state index in [1.165, 1.54) is 6.21 Å². The van der Waals surface area contributed by atoms with Crippen molar-refractivity contribution in [1.82, 2.24) is 5.43 Å². The Bertz CT molecular complexity index is 852. The third kappa shape index (κ3) is 4.10. The van der Waals surface area contributed by atoms with E-state index in [9.17, 15) is 4.79 Å². The van der Waals surface area contributed by atoms with Gasteiger partial charge in [0.15, 0.2) is 3.77 Å². The molecular weight excluding hydrogens is 405 g/mol. The summed E-state index contributed by atoms with van der Waals surface area (Å²) >= 11 is 2.07. The maximum absolute atomic E-state index is 11.8. The van der Waals surface area contributed by atoms with Crippen LogP contribution in [0.25, 0.3) is 10.8 Å². The lowest BCUT2D eigenvalue weighted by Crippen LogP contribution is -2.25. The number of fused-ring (bicyclic) bond motifs is 1. The van der Waals surface area contributed by atoms with Gasteiger partial charge in [-0.2, -0.15) is 5.10 Å². The van der Waals surface area contributed by atoms with E-state index in [-0.39, 0.29) is 12.5 Å². The van der Waals surface area contributed by atoms with Crippen molar-refractivity contribution in [2.24, 2.45) is 5.10 Å². The van der Waals surface area contributed by atoms with Crippen LogP contribution in [0.3, 0.4) is 0 Å². The fraction of sp³-hybridized carbons (Fsp3) is 0.0588. The maximum Gasteiger partial charge on any atom is 0.259 e. The predicted molar refractivity (Wildman–Crippen MR) is 99.6 cm³/mol. The zero-order valence-electron chi connectivity index (χ0n) is 12.1. The topological polar surface area (TPSA) is 66.6 Å². The van der Waals surface area contributed by atoms with Gasteiger partial charge in [-0.3, -0.25) is 4.79 Å². The maximum atomic E-state index is 11.8. The van der Waals surface area contributed by atoms with Crippen LogP contribution in [0.1, 0.15) is 5.76 Å². The van der Waals surface area contributed by atoms with Crippen molar-refractivity contribution in [2.45, 2.75) is 0 Å². The van der Waals surface area contributed by atoms with Crippen molar-refractivity contribution in [3.8, 4) is 0 Å². The van der Waals surface area contributed by atoms with E-state index in [0.717, 1.165) is 20.2 Å². The molecule has 0 radical (unpaired) electrons. The molecule has 0 aliphatic heterocycles. The Balaban J connectivity index is 1.57. The first kappa shape index (κ1) is 15.5. The molecule has 0 bridgehead atoms. The second-order valence-corrected chi connectivity index (χ2v) is 5.88. The van der Waals surface area contributed by atoms with Gasteiger partial charge in [0.2, 0.25) is 0 Å². The van der Waals surface area contributed by atoms with E-state index in [1.807, 2.05) is 48.5 Å². The van der Waals surface area contributed by atoms with Crippen molar-refractivity contribution in [3.05, 3.63) is 64.1 Å². The highest BCUT2D eigenvalue weighted by atomic mass is 127. The van der Waals surface area contributed by atoms with Gasteiger partial charge in [0, 0.05) is 11.1 Å². The predicted octanol–water partition coefficient (Wildman–Crippen LogP) is 3.60. The first-order valence-corrected chi connectivity index (χ1v) is 8.09. The molecule has 0 saturated carbocycles. The molecule has 116 valence electrons. The molecule has 0 unspecified atom stereocenters. The number of nitrogens with zero attached hydrogens (tertiary/aromatic N) is 1. The van der Waals surface area contributed by atoms with Gasteiger partial charge >= 0.3 is 0 Å². The molecule has 2 aromatic carbocycles. The lowest BCUT2D eigenvalue weighted by molar-refractivity contribution is -0.119. The van der Waals surface area contributed by atoms with E-state index in [2.05, 4.69) is 38.4 Å². The van der Waals surface area contributed by atoms with E-state index < -0.39 is 0 Å². The molecule has 1 heterocycles. The summed E-state index contributed by atoms with van der Waals surface area (Å²) in [5, 5.41) is 9.21. The Hall–Kier alpha value is -2.35. The summed E-state index contributed by atoms with van der Waals surface area (Å²) < 4.78 is 6.08. The third-order valence-electron chi connectivity index (χ3n) is 3.20. The SMILES string of the molecule is O=C(CNc1cccc2ccccc12)N/N=C\c1ccc(I)o1. The molecule has 1 amide bonds. The van der Waals surface area contributed by atoms with Crippen molar-refractivity contribution in [2.75, 3.05) is 11.9 Å². The van der Waals surface area contributed by atoms with Crippen LogP contribution in [0.4, 0.5) is 5.69 Å². The van der Waals surface area contributed by atoms with E-state index in [1.54, 1.807) is 6.07 Å². The average molecular weight is 419 g/mol. The summed E-state index contributed by atoms with van der Waals surface area (Å²) in [5.41, 5.74) is 3.38. The van der Waals surface area contributed by atoms with Crippen molar-refractivity contribution >= 4 is 51.2 Å². The van der Waals surface area contributed by atoms with Gasteiger partial charge in [-0.15, -0.1) is 0 Å². The number of halogens is 1. The van der Waals surface area contributed by atoms with E-state index in [4.69, 9.17) is 4.42 Å². The molecule has 3 aromatic rings. The fourth-order valence-corrected chi connectivity index (χ4v) is 2.59. The zero-order chi connectivity index (χ0) is 16.1. The van der Waals surface area contributed by atoms with Crippen molar-refractivity contribution in [3.63, 3.8) is 0 Å². The number of rotatable bonds is 5. The summed E-state index contributed by atoms with van der Waals surface area (Å²) in [4.78, 5) is 11.8. The quantitative estimate of drug-likeness (QED) is 0.378. The zero-order valence-corrected chi connectivity index (χ0v) is 14.3. The number of anilines is 1. The van der Waals surface area contributed by atoms with Crippen LogP contribution in [0.2, 0.25) is 0 Å². The van der Waals surface area contributed by atoms with Crippen LogP contribution < -0.4 is 10.7 Å². The highest BCUT2D eigenvalue weighted by Gasteiger charge is 2.03. The monoisotopic (exact) mass is 419 g/mol. The molecule has 3 rings (SSSR count). The number of carbonyl (C=O) groups is 1. The molecule has 5 nitrogen and oxygen atoms in total. The van der Waals surface area contributed by atoms with Gasteiger partial charge < -0.3 is 9.73 Å². The first-order valence-electron chi connectivity index (χ1n) is 7.01. The number of hydrazone groups is 1. The van der Waals surface area contributed by atoms with Gasteiger partial charge in [0.05, 0.1) is 12.8 Å². The van der Waals surface area contributed by atoms with Gasteiger partial charge in [0.1, 0.15) is 5.76 Å². The molecule has 0 aliphatic rings. The van der Waals surface area contributed by atoms with Gasteiger partial charge in [-0.05, 0) is 46.2 Å². The molecule has 0 saturated heterocycles. The van der Waals surface area contributed by atoms with Gasteiger partial charge in [0.25, 0.3) is 5.91 Å². The summed E-state index contributed by atoms with van der Waals surface area (Å²) in [6.45, 7) is 0.140. The molecule has 0 atom stereocenters. The smallest absolute Gasteiger partial charge is 0.259 e. The minimum Gasteiger partial charge on any atom is -0.449 e. The standard InChI is InChI=1S/C17H14IN3O2/c18-16-9-8-13(23-16)10-20-21-17(22)11-19-15-7-3-5-12-4-1-2-6-14(12)15/h1-10,19H,11H2,(H,21,22)/b20-10-. The summed E-state index contributed by atoms with van der Waals surface area (Å²) in [6.07, 6.45) is 1.47. The molecule has 0 spiro atoms. The highest BCUT2D eigenvalue weighted by molar-refractivity contribution is 14.1. The minimum atomic E-state index is -0.226. The Morgan fingerprint density at radius 1 is 1.13 bits per heavy atom. The van der Waals surface area contributed by atoms with Crippen LogP contribution in [0, 0.1) is 3.77 Å². The fourth-order valence-electron chi connectivity index (χ4n) is 2.16. The van der Waals surface area contributed by atoms with Gasteiger partial charge in [-0.25, -0.2) is 5.43 Å². The largest absolute Gasteiger partial charge is 0.449 e. The Morgan fingerprint density at radius 2 is 1.96 bits per heavy atom. The molecule has 2 N–H and O–H groups in total. The van der Waals surface area contributed by atoms with E-state index in [0.29, 0.717) is 5.76 Å². The third-order valence-corrected chi connectivity index (χ3v) is 3.78. The number of hydrogen-bond acceptors (Lipinski definition) is 4. The van der Waals surface area contributed by atoms with Crippen LogP contribution in [0.15, 0.2) is 64.1 Å². The number of furan rings is 1. The highest BCUT2D eigenvalue weighted by Crippen LogP contribution is 2.22. The summed E-state index contributed by atoms with van der Waals surface area (Å²) in [7, 11) is 0. The minimum absolute atomic E-state index is 0.140. The molecule has 23 heavy (non-hydrogen) atoms.